The average molecular weight is 421 g/mol. The van der Waals surface area contributed by atoms with Crippen LogP contribution >= 0.6 is 27.7 Å². The summed E-state index contributed by atoms with van der Waals surface area (Å²) in [6.45, 7) is 0. The van der Waals surface area contributed by atoms with Crippen molar-refractivity contribution in [2.75, 3.05) is 5.32 Å². The lowest BCUT2D eigenvalue weighted by Gasteiger charge is -2.21. The normalized spacial score (nSPS) is 19.2. The summed E-state index contributed by atoms with van der Waals surface area (Å²) in [7, 11) is 0. The third-order valence-corrected chi connectivity index (χ3v) is 4.75. The minimum Gasteiger partial charge on any atom is -0.463 e. The van der Waals surface area contributed by atoms with Crippen LogP contribution in [0, 0.1) is 0 Å². The molecular weight excluding hydrogens is 408 g/mol. The summed E-state index contributed by atoms with van der Waals surface area (Å²) in [5, 5.41) is 12.9. The Labute approximate surface area is 156 Å². The standard InChI is InChI=1S/C16H13BrN4O3S/c17-10-3-5-11(6-4-10)19-15(23)13-8-14(22)20-16(25-13)21-18-9-12-2-1-7-24-12/h1-7,9,13H,8H2,(H,19,23)(H,20,21,22). The second kappa shape index (κ2) is 8.13. The molecule has 1 fully saturated rings. The summed E-state index contributed by atoms with van der Waals surface area (Å²) in [6, 6.07) is 10.7. The van der Waals surface area contributed by atoms with E-state index in [2.05, 4.69) is 36.8 Å². The van der Waals surface area contributed by atoms with E-state index < -0.39 is 5.25 Å². The van der Waals surface area contributed by atoms with Crippen LogP contribution in [-0.4, -0.2) is 28.4 Å². The molecule has 7 nitrogen and oxygen atoms in total. The summed E-state index contributed by atoms with van der Waals surface area (Å²) in [5.41, 5.74) is 0.661. The van der Waals surface area contributed by atoms with Crippen LogP contribution in [0.25, 0.3) is 0 Å². The van der Waals surface area contributed by atoms with Gasteiger partial charge in [0, 0.05) is 16.6 Å². The van der Waals surface area contributed by atoms with Gasteiger partial charge in [-0.1, -0.05) is 27.7 Å². The smallest absolute Gasteiger partial charge is 0.238 e. The van der Waals surface area contributed by atoms with E-state index in [1.165, 1.54) is 12.5 Å². The van der Waals surface area contributed by atoms with Crippen LogP contribution in [-0.2, 0) is 9.59 Å². The number of carbonyl (C=O) groups excluding carboxylic acids is 2. The van der Waals surface area contributed by atoms with Crippen molar-refractivity contribution in [2.24, 2.45) is 10.2 Å². The molecule has 2 N–H and O–H groups in total. The quantitative estimate of drug-likeness (QED) is 0.586. The second-order valence-electron chi connectivity index (χ2n) is 5.02. The van der Waals surface area contributed by atoms with E-state index in [-0.39, 0.29) is 23.4 Å². The topological polar surface area (TPSA) is 96.1 Å². The van der Waals surface area contributed by atoms with E-state index in [1.54, 1.807) is 24.3 Å². The molecule has 3 rings (SSSR count). The van der Waals surface area contributed by atoms with E-state index in [4.69, 9.17) is 4.42 Å². The molecule has 0 bridgehead atoms. The molecule has 0 aliphatic carbocycles. The zero-order valence-corrected chi connectivity index (χ0v) is 15.2. The van der Waals surface area contributed by atoms with E-state index in [0.717, 1.165) is 16.2 Å². The number of anilines is 1. The van der Waals surface area contributed by atoms with Crippen molar-refractivity contribution in [1.82, 2.24) is 5.32 Å². The van der Waals surface area contributed by atoms with Crippen molar-refractivity contribution in [1.29, 1.82) is 0 Å². The maximum atomic E-state index is 12.4. The zero-order valence-electron chi connectivity index (χ0n) is 12.8. The Kier molecular flexibility index (Phi) is 5.67. The Balaban J connectivity index is 1.64. The number of rotatable bonds is 4. The lowest BCUT2D eigenvalue weighted by Crippen LogP contribution is -2.41. The molecule has 2 amide bonds. The lowest BCUT2D eigenvalue weighted by atomic mass is 10.2. The van der Waals surface area contributed by atoms with E-state index in [9.17, 15) is 9.59 Å². The van der Waals surface area contributed by atoms with Crippen molar-refractivity contribution in [3.05, 3.63) is 52.9 Å². The van der Waals surface area contributed by atoms with Gasteiger partial charge >= 0.3 is 0 Å². The van der Waals surface area contributed by atoms with Gasteiger partial charge in [-0.3, -0.25) is 9.59 Å². The van der Waals surface area contributed by atoms with Crippen LogP contribution < -0.4 is 10.6 Å². The SMILES string of the molecule is O=C1CC(C(=O)Nc2ccc(Br)cc2)S/C(=N\N=Cc2ccco2)N1. The predicted molar refractivity (Wildman–Crippen MR) is 101 cm³/mol. The predicted octanol–water partition coefficient (Wildman–Crippen LogP) is 2.99. The van der Waals surface area contributed by atoms with E-state index >= 15 is 0 Å². The van der Waals surface area contributed by atoms with Crippen molar-refractivity contribution >= 4 is 56.6 Å². The van der Waals surface area contributed by atoms with E-state index in [0.29, 0.717) is 11.4 Å². The van der Waals surface area contributed by atoms with Gasteiger partial charge in [-0.2, -0.15) is 5.10 Å². The molecule has 128 valence electrons. The van der Waals surface area contributed by atoms with Gasteiger partial charge < -0.3 is 15.1 Å². The lowest BCUT2D eigenvalue weighted by molar-refractivity contribution is -0.123. The van der Waals surface area contributed by atoms with Gasteiger partial charge in [0.1, 0.15) is 11.0 Å². The monoisotopic (exact) mass is 420 g/mol. The molecule has 1 aliphatic heterocycles. The fourth-order valence-electron chi connectivity index (χ4n) is 2.00. The summed E-state index contributed by atoms with van der Waals surface area (Å²) in [4.78, 5) is 24.2. The van der Waals surface area contributed by atoms with Crippen LogP contribution in [0.2, 0.25) is 0 Å². The Hall–Kier alpha value is -2.39. The summed E-state index contributed by atoms with van der Waals surface area (Å²) in [6.07, 6.45) is 3.02. The second-order valence-corrected chi connectivity index (χ2v) is 7.13. The minimum atomic E-state index is -0.574. The number of hydrogen-bond donors (Lipinski definition) is 2. The highest BCUT2D eigenvalue weighted by Gasteiger charge is 2.30. The maximum Gasteiger partial charge on any atom is 0.238 e. The molecule has 1 aromatic heterocycles. The first-order chi connectivity index (χ1) is 12.1. The van der Waals surface area contributed by atoms with Crippen molar-refractivity contribution in [3.8, 4) is 0 Å². The third-order valence-electron chi connectivity index (χ3n) is 3.15. The van der Waals surface area contributed by atoms with Gasteiger partial charge in [0.2, 0.25) is 11.8 Å². The van der Waals surface area contributed by atoms with Gasteiger partial charge in [-0.15, -0.1) is 5.10 Å². The number of halogens is 1. The molecule has 2 aromatic rings. The molecule has 0 radical (unpaired) electrons. The molecule has 1 unspecified atom stereocenters. The number of nitrogens with one attached hydrogen (secondary N) is 2. The third kappa shape index (κ3) is 5.04. The number of benzene rings is 1. The molecule has 25 heavy (non-hydrogen) atoms. The number of amidine groups is 1. The largest absolute Gasteiger partial charge is 0.463 e. The van der Waals surface area contributed by atoms with Crippen molar-refractivity contribution in [2.45, 2.75) is 11.7 Å². The first kappa shape index (κ1) is 17.4. The summed E-state index contributed by atoms with van der Waals surface area (Å²) >= 11 is 4.49. The van der Waals surface area contributed by atoms with Crippen LogP contribution in [0.4, 0.5) is 5.69 Å². The number of hydrogen-bond acceptors (Lipinski definition) is 6. The number of thioether (sulfide) groups is 1. The first-order valence-corrected chi connectivity index (χ1v) is 8.95. The number of amides is 2. The Bertz CT molecular complexity index is 818. The van der Waals surface area contributed by atoms with Crippen LogP contribution in [0.5, 0.6) is 0 Å². The average Bonchev–Trinajstić information content (AvgIpc) is 3.10. The molecule has 9 heteroatoms. The summed E-state index contributed by atoms with van der Waals surface area (Å²) < 4.78 is 6.02. The Morgan fingerprint density at radius 2 is 2.16 bits per heavy atom. The zero-order chi connectivity index (χ0) is 17.6. The fraction of sp³-hybridized carbons (Fsp3) is 0.125. The van der Waals surface area contributed by atoms with Gasteiger partial charge in [0.05, 0.1) is 12.5 Å². The number of furan rings is 1. The van der Waals surface area contributed by atoms with Crippen molar-refractivity contribution < 1.29 is 14.0 Å². The van der Waals surface area contributed by atoms with E-state index in [1.807, 2.05) is 12.1 Å². The number of nitrogens with zero attached hydrogens (tertiary/aromatic N) is 2. The number of carbonyl (C=O) groups is 2. The van der Waals surface area contributed by atoms with Crippen LogP contribution in [0.1, 0.15) is 12.2 Å². The molecule has 1 atom stereocenters. The van der Waals surface area contributed by atoms with Gasteiger partial charge in [0.15, 0.2) is 5.17 Å². The van der Waals surface area contributed by atoms with Gasteiger partial charge in [0.25, 0.3) is 0 Å². The highest BCUT2D eigenvalue weighted by molar-refractivity contribution is 9.10. The highest BCUT2D eigenvalue weighted by atomic mass is 79.9. The molecule has 2 heterocycles. The van der Waals surface area contributed by atoms with Crippen LogP contribution in [0.3, 0.4) is 0 Å². The Morgan fingerprint density at radius 1 is 1.36 bits per heavy atom. The maximum absolute atomic E-state index is 12.4. The molecular formula is C16H13BrN4O3S. The molecule has 0 spiro atoms. The highest BCUT2D eigenvalue weighted by Crippen LogP contribution is 2.23. The first-order valence-electron chi connectivity index (χ1n) is 7.27. The minimum absolute atomic E-state index is 0.0773. The Morgan fingerprint density at radius 3 is 2.88 bits per heavy atom. The van der Waals surface area contributed by atoms with Gasteiger partial charge in [-0.25, -0.2) is 0 Å². The molecule has 1 aliphatic rings. The molecule has 1 aromatic carbocycles. The summed E-state index contributed by atoms with van der Waals surface area (Å²) in [5.74, 6) is 0.00700. The van der Waals surface area contributed by atoms with Crippen molar-refractivity contribution in [3.63, 3.8) is 0 Å². The molecule has 1 saturated heterocycles. The van der Waals surface area contributed by atoms with Crippen LogP contribution in [0.15, 0.2) is 61.8 Å². The fourth-order valence-corrected chi connectivity index (χ4v) is 3.20. The van der Waals surface area contributed by atoms with Gasteiger partial charge in [-0.05, 0) is 36.4 Å². The molecule has 0 saturated carbocycles.